The Morgan fingerprint density at radius 1 is 1.40 bits per heavy atom. The van der Waals surface area contributed by atoms with Crippen LogP contribution in [0.2, 0.25) is 0 Å². The van der Waals surface area contributed by atoms with Gasteiger partial charge in [-0.3, -0.25) is 0 Å². The molecule has 0 aliphatic carbocycles. The number of nitrogens with one attached hydrogen (secondary N) is 1. The topological polar surface area (TPSA) is 33.1 Å². The zero-order valence-corrected chi connectivity index (χ0v) is 13.2. The van der Waals surface area contributed by atoms with Crippen LogP contribution in [0.1, 0.15) is 49.9 Å². The Bertz CT molecular complexity index is 463. The molecule has 0 saturated carbocycles. The van der Waals surface area contributed by atoms with Crippen LogP contribution in [0.4, 0.5) is 0 Å². The van der Waals surface area contributed by atoms with E-state index in [0.717, 1.165) is 25.9 Å². The Balaban J connectivity index is 1.95. The molecule has 112 valence electrons. The average molecular weight is 276 g/mol. The van der Waals surface area contributed by atoms with Crippen molar-refractivity contribution >= 4 is 0 Å². The van der Waals surface area contributed by atoms with Crippen LogP contribution in [-0.2, 0) is 19.4 Å². The molecule has 0 radical (unpaired) electrons. The van der Waals surface area contributed by atoms with Gasteiger partial charge in [-0.2, -0.15) is 0 Å². The summed E-state index contributed by atoms with van der Waals surface area (Å²) in [6, 6.07) is 0.636. The molecular weight excluding hydrogens is 248 g/mol. The number of likely N-dealkylation sites (N-methyl/N-ethyl adjacent to an activating group) is 1. The van der Waals surface area contributed by atoms with E-state index in [1.807, 2.05) is 0 Å². The molecule has 1 aromatic heterocycles. The average Bonchev–Trinajstić information content (AvgIpc) is 2.75. The number of hydrogen-bond donors (Lipinski definition) is 1. The summed E-state index contributed by atoms with van der Waals surface area (Å²) in [5.41, 5.74) is 2.82. The van der Waals surface area contributed by atoms with Crippen molar-refractivity contribution in [2.75, 3.05) is 26.7 Å². The summed E-state index contributed by atoms with van der Waals surface area (Å²) in [6.45, 7) is 9.07. The minimum atomic E-state index is 0.636. The predicted octanol–water partition coefficient (Wildman–Crippen LogP) is 1.99. The standard InChI is InChI=1S/C16H28N4/c1-12(2)9-16-18-14-10-17-7-6-15(14)20(16)13-5-4-8-19(3)11-13/h12-13,17H,4-11H2,1-3H3. The highest BCUT2D eigenvalue weighted by Crippen LogP contribution is 2.28. The monoisotopic (exact) mass is 276 g/mol. The summed E-state index contributed by atoms with van der Waals surface area (Å²) >= 11 is 0. The van der Waals surface area contributed by atoms with Crippen LogP contribution in [0.15, 0.2) is 0 Å². The van der Waals surface area contributed by atoms with Crippen LogP contribution in [0.5, 0.6) is 0 Å². The first-order valence-electron chi connectivity index (χ1n) is 8.13. The molecule has 0 amide bonds. The van der Waals surface area contributed by atoms with Crippen molar-refractivity contribution in [2.45, 2.75) is 52.1 Å². The highest BCUT2D eigenvalue weighted by atomic mass is 15.2. The number of aromatic nitrogens is 2. The maximum Gasteiger partial charge on any atom is 0.109 e. The molecule has 1 fully saturated rings. The van der Waals surface area contributed by atoms with Crippen molar-refractivity contribution in [3.8, 4) is 0 Å². The Morgan fingerprint density at radius 2 is 2.25 bits per heavy atom. The molecule has 1 unspecified atom stereocenters. The van der Waals surface area contributed by atoms with Gasteiger partial charge in [0.25, 0.3) is 0 Å². The van der Waals surface area contributed by atoms with Crippen molar-refractivity contribution < 1.29 is 0 Å². The summed E-state index contributed by atoms with van der Waals surface area (Å²) in [4.78, 5) is 7.45. The van der Waals surface area contributed by atoms with E-state index >= 15 is 0 Å². The lowest BCUT2D eigenvalue weighted by molar-refractivity contribution is 0.206. The Hall–Kier alpha value is -0.870. The second kappa shape index (κ2) is 5.86. The van der Waals surface area contributed by atoms with Gasteiger partial charge in [0.15, 0.2) is 0 Å². The molecule has 0 spiro atoms. The first-order valence-corrected chi connectivity index (χ1v) is 8.13. The first kappa shape index (κ1) is 14.1. The zero-order valence-electron chi connectivity index (χ0n) is 13.2. The second-order valence-electron chi connectivity index (χ2n) is 6.87. The fourth-order valence-corrected chi connectivity index (χ4v) is 3.68. The van der Waals surface area contributed by atoms with Crippen LogP contribution in [0.25, 0.3) is 0 Å². The minimum absolute atomic E-state index is 0.636. The number of imidazole rings is 1. The first-order chi connectivity index (χ1) is 9.65. The maximum absolute atomic E-state index is 4.97. The Labute approximate surface area is 122 Å². The van der Waals surface area contributed by atoms with Crippen LogP contribution in [-0.4, -0.2) is 41.1 Å². The molecule has 0 bridgehead atoms. The van der Waals surface area contributed by atoms with E-state index in [1.165, 1.54) is 43.1 Å². The van der Waals surface area contributed by atoms with Crippen LogP contribution in [0.3, 0.4) is 0 Å². The smallest absolute Gasteiger partial charge is 0.109 e. The number of likely N-dealkylation sites (tertiary alicyclic amines) is 1. The summed E-state index contributed by atoms with van der Waals surface area (Å²) in [5.74, 6) is 2.00. The van der Waals surface area contributed by atoms with Crippen molar-refractivity contribution in [1.29, 1.82) is 0 Å². The normalized spacial score (nSPS) is 24.1. The Morgan fingerprint density at radius 3 is 3.00 bits per heavy atom. The quantitative estimate of drug-likeness (QED) is 0.916. The molecule has 1 aromatic rings. The molecule has 0 aromatic carbocycles. The molecule has 1 saturated heterocycles. The van der Waals surface area contributed by atoms with Crippen LogP contribution < -0.4 is 5.32 Å². The van der Waals surface area contributed by atoms with Crippen molar-refractivity contribution in [1.82, 2.24) is 19.8 Å². The number of rotatable bonds is 3. The molecule has 4 heteroatoms. The lowest BCUT2D eigenvalue weighted by Crippen LogP contribution is -2.36. The Kier molecular flexibility index (Phi) is 4.13. The second-order valence-corrected chi connectivity index (χ2v) is 6.87. The highest BCUT2D eigenvalue weighted by Gasteiger charge is 2.27. The van der Waals surface area contributed by atoms with E-state index in [4.69, 9.17) is 4.98 Å². The van der Waals surface area contributed by atoms with E-state index in [1.54, 1.807) is 0 Å². The van der Waals surface area contributed by atoms with Crippen LogP contribution >= 0.6 is 0 Å². The van der Waals surface area contributed by atoms with Gasteiger partial charge in [-0.1, -0.05) is 13.8 Å². The van der Waals surface area contributed by atoms with E-state index < -0.39 is 0 Å². The molecule has 3 rings (SSSR count). The number of hydrogen-bond acceptors (Lipinski definition) is 3. The molecule has 4 nitrogen and oxygen atoms in total. The van der Waals surface area contributed by atoms with Gasteiger partial charge in [0.05, 0.1) is 5.69 Å². The van der Waals surface area contributed by atoms with Gasteiger partial charge < -0.3 is 14.8 Å². The SMILES string of the molecule is CC(C)Cc1nc2c(n1C1CCCN(C)C1)CCNC2. The van der Waals surface area contributed by atoms with Gasteiger partial charge in [-0.05, 0) is 32.4 Å². The maximum atomic E-state index is 4.97. The van der Waals surface area contributed by atoms with Gasteiger partial charge in [-0.15, -0.1) is 0 Å². The third-order valence-corrected chi connectivity index (χ3v) is 4.55. The number of nitrogens with zero attached hydrogens (tertiary/aromatic N) is 3. The minimum Gasteiger partial charge on any atom is -0.327 e. The molecule has 20 heavy (non-hydrogen) atoms. The van der Waals surface area contributed by atoms with Gasteiger partial charge in [0.1, 0.15) is 5.82 Å². The van der Waals surface area contributed by atoms with E-state index in [-0.39, 0.29) is 0 Å². The van der Waals surface area contributed by atoms with Crippen LogP contribution in [0, 0.1) is 5.92 Å². The van der Waals surface area contributed by atoms with E-state index in [0.29, 0.717) is 12.0 Å². The molecule has 1 N–H and O–H groups in total. The fraction of sp³-hybridized carbons (Fsp3) is 0.812. The third kappa shape index (κ3) is 2.77. The van der Waals surface area contributed by atoms with Crippen molar-refractivity contribution in [3.05, 3.63) is 17.2 Å². The summed E-state index contributed by atoms with van der Waals surface area (Å²) in [6.07, 6.45) is 4.87. The lowest BCUT2D eigenvalue weighted by Gasteiger charge is -2.33. The summed E-state index contributed by atoms with van der Waals surface area (Å²) in [5, 5.41) is 3.46. The third-order valence-electron chi connectivity index (χ3n) is 4.55. The molecule has 3 heterocycles. The largest absolute Gasteiger partial charge is 0.327 e. The molecule has 1 atom stereocenters. The van der Waals surface area contributed by atoms with Gasteiger partial charge in [0.2, 0.25) is 0 Å². The van der Waals surface area contributed by atoms with E-state index in [2.05, 4.69) is 35.7 Å². The summed E-state index contributed by atoms with van der Waals surface area (Å²) in [7, 11) is 2.25. The molecule has 2 aliphatic rings. The number of piperidine rings is 1. The van der Waals surface area contributed by atoms with Gasteiger partial charge in [0, 0.05) is 44.2 Å². The van der Waals surface area contributed by atoms with E-state index in [9.17, 15) is 0 Å². The zero-order chi connectivity index (χ0) is 14.1. The lowest BCUT2D eigenvalue weighted by atomic mass is 10.0. The van der Waals surface area contributed by atoms with Gasteiger partial charge >= 0.3 is 0 Å². The molecule has 2 aliphatic heterocycles. The van der Waals surface area contributed by atoms with Crippen molar-refractivity contribution in [2.24, 2.45) is 5.92 Å². The summed E-state index contributed by atoms with van der Waals surface area (Å²) < 4.78 is 2.62. The highest BCUT2D eigenvalue weighted by molar-refractivity contribution is 5.22. The number of fused-ring (bicyclic) bond motifs is 1. The molecular formula is C16H28N4. The van der Waals surface area contributed by atoms with Gasteiger partial charge in [-0.25, -0.2) is 4.98 Å². The fourth-order valence-electron chi connectivity index (χ4n) is 3.68. The predicted molar refractivity (Wildman–Crippen MR) is 81.9 cm³/mol. The van der Waals surface area contributed by atoms with Crippen molar-refractivity contribution in [3.63, 3.8) is 0 Å².